The van der Waals surface area contributed by atoms with Crippen molar-refractivity contribution in [2.24, 2.45) is 5.92 Å². The van der Waals surface area contributed by atoms with E-state index in [1.807, 2.05) is 6.92 Å². The molecule has 132 valence electrons. The average Bonchev–Trinajstić information content (AvgIpc) is 2.93. The summed E-state index contributed by atoms with van der Waals surface area (Å²) in [7, 11) is -4.02. The second kappa shape index (κ2) is 7.24. The maximum absolute atomic E-state index is 12.3. The lowest BCUT2D eigenvalue weighted by molar-refractivity contribution is -0.384. The van der Waals surface area contributed by atoms with Crippen molar-refractivity contribution < 1.29 is 28.0 Å². The third-order valence-corrected chi connectivity index (χ3v) is 5.43. The van der Waals surface area contributed by atoms with Crippen LogP contribution in [-0.2, 0) is 19.6 Å². The fourth-order valence-electron chi connectivity index (χ4n) is 2.49. The van der Waals surface area contributed by atoms with Gasteiger partial charge in [0.2, 0.25) is 10.0 Å². The van der Waals surface area contributed by atoms with Crippen molar-refractivity contribution in [3.8, 4) is 0 Å². The lowest BCUT2D eigenvalue weighted by Crippen LogP contribution is -2.45. The van der Waals surface area contributed by atoms with Gasteiger partial charge in [-0.15, -0.1) is 0 Å². The molecule has 1 heterocycles. The molecule has 1 aromatic rings. The maximum Gasteiger partial charge on any atom is 0.309 e. The molecular weight excluding hydrogens is 340 g/mol. The Labute approximate surface area is 138 Å². The molecule has 9 nitrogen and oxygen atoms in total. The van der Waals surface area contributed by atoms with Crippen LogP contribution in [0.15, 0.2) is 29.2 Å². The van der Waals surface area contributed by atoms with Crippen LogP contribution in [0.4, 0.5) is 5.69 Å². The Morgan fingerprint density at radius 1 is 1.42 bits per heavy atom. The normalized spacial score (nSPS) is 22.2. The number of cyclic esters (lactones) is 1. The second-order valence-corrected chi connectivity index (χ2v) is 7.19. The van der Waals surface area contributed by atoms with E-state index in [1.165, 1.54) is 0 Å². The number of non-ortho nitro benzene ring substituents is 1. The minimum absolute atomic E-state index is 0.178. The molecule has 2 N–H and O–H groups in total. The third-order valence-electron chi connectivity index (χ3n) is 3.92. The van der Waals surface area contributed by atoms with E-state index in [0.717, 1.165) is 24.3 Å². The number of rotatable bonds is 7. The van der Waals surface area contributed by atoms with Crippen molar-refractivity contribution in [2.75, 3.05) is 6.61 Å². The molecule has 0 unspecified atom stereocenters. The lowest BCUT2D eigenvalue weighted by Gasteiger charge is -2.21. The molecule has 3 atom stereocenters. The summed E-state index contributed by atoms with van der Waals surface area (Å²) in [5.41, 5.74) is -0.233. The molecule has 0 aliphatic carbocycles. The molecule has 24 heavy (non-hydrogen) atoms. The number of ether oxygens (including phenoxy) is 1. The van der Waals surface area contributed by atoms with Crippen LogP contribution in [-0.4, -0.2) is 43.2 Å². The Kier molecular flexibility index (Phi) is 5.52. The minimum atomic E-state index is -4.02. The Morgan fingerprint density at radius 3 is 2.50 bits per heavy atom. The molecule has 0 radical (unpaired) electrons. The zero-order chi connectivity index (χ0) is 17.9. The van der Waals surface area contributed by atoms with Gasteiger partial charge in [-0.3, -0.25) is 14.9 Å². The number of benzene rings is 1. The van der Waals surface area contributed by atoms with Gasteiger partial charge >= 0.3 is 5.97 Å². The number of nitro groups is 1. The van der Waals surface area contributed by atoms with Gasteiger partial charge in [0.05, 0.1) is 28.4 Å². The number of aliphatic hydroxyl groups is 1. The first-order valence-corrected chi connectivity index (χ1v) is 8.85. The predicted molar refractivity (Wildman–Crippen MR) is 82.6 cm³/mol. The Hall–Kier alpha value is -2.04. The van der Waals surface area contributed by atoms with Crippen LogP contribution in [0.25, 0.3) is 0 Å². The van der Waals surface area contributed by atoms with Gasteiger partial charge in [-0.1, -0.05) is 6.92 Å². The lowest BCUT2D eigenvalue weighted by atomic mass is 9.99. The smallest absolute Gasteiger partial charge is 0.309 e. The summed E-state index contributed by atoms with van der Waals surface area (Å²) in [6, 6.07) is 3.37. The first-order valence-electron chi connectivity index (χ1n) is 7.36. The number of nitro benzene ring substituents is 1. The molecule has 0 aromatic heterocycles. The van der Waals surface area contributed by atoms with Crippen molar-refractivity contribution in [1.82, 2.24) is 4.72 Å². The second-order valence-electron chi connectivity index (χ2n) is 5.48. The number of aliphatic hydroxyl groups excluding tert-OH is 1. The highest BCUT2D eigenvalue weighted by Crippen LogP contribution is 2.26. The molecule has 1 saturated heterocycles. The number of hydrogen-bond donors (Lipinski definition) is 2. The van der Waals surface area contributed by atoms with Gasteiger partial charge in [-0.25, -0.2) is 13.1 Å². The van der Waals surface area contributed by atoms with E-state index >= 15 is 0 Å². The highest BCUT2D eigenvalue weighted by molar-refractivity contribution is 7.89. The van der Waals surface area contributed by atoms with Crippen molar-refractivity contribution in [2.45, 2.75) is 36.8 Å². The van der Waals surface area contributed by atoms with Crippen LogP contribution in [0.3, 0.4) is 0 Å². The number of nitrogens with one attached hydrogen (secondary N) is 1. The van der Waals surface area contributed by atoms with E-state index < -0.39 is 39.7 Å². The van der Waals surface area contributed by atoms with Gasteiger partial charge in [0.15, 0.2) is 0 Å². The van der Waals surface area contributed by atoms with E-state index in [-0.39, 0.29) is 16.5 Å². The molecule has 1 fully saturated rings. The molecule has 0 saturated carbocycles. The molecule has 1 aromatic carbocycles. The molecule has 0 amide bonds. The minimum Gasteiger partial charge on any atom is -0.460 e. The molecule has 2 rings (SSSR count). The van der Waals surface area contributed by atoms with Crippen LogP contribution >= 0.6 is 0 Å². The topological polar surface area (TPSA) is 136 Å². The first kappa shape index (κ1) is 18.3. The Bertz CT molecular complexity index is 717. The Balaban J connectivity index is 2.14. The van der Waals surface area contributed by atoms with Crippen LogP contribution in [0.2, 0.25) is 0 Å². The van der Waals surface area contributed by atoms with E-state index in [2.05, 4.69) is 4.72 Å². The highest BCUT2D eigenvalue weighted by atomic mass is 32.2. The molecule has 0 bridgehead atoms. The summed E-state index contributed by atoms with van der Waals surface area (Å²) in [5, 5.41) is 20.1. The third kappa shape index (κ3) is 3.89. The summed E-state index contributed by atoms with van der Waals surface area (Å²) in [6.07, 6.45) is 0.145. The maximum atomic E-state index is 12.3. The van der Waals surface area contributed by atoms with Gasteiger partial charge in [-0.05, 0) is 25.0 Å². The summed E-state index contributed by atoms with van der Waals surface area (Å²) in [6.45, 7) is 1.28. The van der Waals surface area contributed by atoms with Crippen LogP contribution in [0.1, 0.15) is 19.8 Å². The molecule has 1 aliphatic rings. The number of carbonyl (C=O) groups excluding carboxylic acids is 1. The Morgan fingerprint density at radius 2 is 2.04 bits per heavy atom. The fourth-order valence-corrected chi connectivity index (χ4v) is 3.75. The summed E-state index contributed by atoms with van der Waals surface area (Å²) < 4.78 is 32.1. The molecular formula is C14H18N2O7S. The molecule has 10 heteroatoms. The largest absolute Gasteiger partial charge is 0.460 e. The van der Waals surface area contributed by atoms with E-state index in [1.54, 1.807) is 0 Å². The van der Waals surface area contributed by atoms with Gasteiger partial charge in [0.25, 0.3) is 5.69 Å². The number of carbonyl (C=O) groups is 1. The van der Waals surface area contributed by atoms with Crippen LogP contribution < -0.4 is 4.72 Å². The number of nitrogens with zero attached hydrogens (tertiary/aromatic N) is 1. The fraction of sp³-hybridized carbons (Fsp3) is 0.500. The standard InChI is InChI=1S/C14H18N2O7S/c1-2-9-7-13(23-14(9)18)12(8-17)15-24(21,22)11-5-3-10(4-6-11)16(19)20/h3-6,9,12-13,15,17H,2,7-8H2,1H3/t9-,12+,13+/m1/s1. The highest BCUT2D eigenvalue weighted by Gasteiger charge is 2.39. The van der Waals surface area contributed by atoms with Crippen LogP contribution in [0, 0.1) is 16.0 Å². The van der Waals surface area contributed by atoms with E-state index in [0.29, 0.717) is 12.8 Å². The molecule has 1 aliphatic heterocycles. The number of sulfonamides is 1. The number of hydrogen-bond acceptors (Lipinski definition) is 7. The summed E-state index contributed by atoms with van der Waals surface area (Å²) in [4.78, 5) is 21.4. The zero-order valence-electron chi connectivity index (χ0n) is 12.9. The first-order chi connectivity index (χ1) is 11.3. The molecule has 0 spiro atoms. The zero-order valence-corrected chi connectivity index (χ0v) is 13.7. The van der Waals surface area contributed by atoms with Crippen molar-refractivity contribution in [3.05, 3.63) is 34.4 Å². The van der Waals surface area contributed by atoms with E-state index in [9.17, 15) is 28.4 Å². The SMILES string of the molecule is CC[C@@H]1C[C@@H]([C@H](CO)NS(=O)(=O)c2ccc([N+](=O)[O-])cc2)OC1=O. The quantitative estimate of drug-likeness (QED) is 0.413. The summed E-state index contributed by atoms with van der Waals surface area (Å²) >= 11 is 0. The van der Waals surface area contributed by atoms with Gasteiger partial charge < -0.3 is 9.84 Å². The van der Waals surface area contributed by atoms with Crippen LogP contribution in [0.5, 0.6) is 0 Å². The van der Waals surface area contributed by atoms with Crippen molar-refractivity contribution >= 4 is 21.7 Å². The predicted octanol–water partition coefficient (Wildman–Crippen LogP) is 0.576. The van der Waals surface area contributed by atoms with Gasteiger partial charge in [0, 0.05) is 12.1 Å². The van der Waals surface area contributed by atoms with Crippen molar-refractivity contribution in [1.29, 1.82) is 0 Å². The van der Waals surface area contributed by atoms with E-state index in [4.69, 9.17) is 4.74 Å². The average molecular weight is 358 g/mol. The van der Waals surface area contributed by atoms with Gasteiger partial charge in [-0.2, -0.15) is 0 Å². The van der Waals surface area contributed by atoms with Gasteiger partial charge in [0.1, 0.15) is 6.10 Å². The number of esters is 1. The van der Waals surface area contributed by atoms with Crippen molar-refractivity contribution in [3.63, 3.8) is 0 Å². The monoisotopic (exact) mass is 358 g/mol. The summed E-state index contributed by atoms with van der Waals surface area (Å²) in [5.74, 6) is -0.719.